The first-order valence-corrected chi connectivity index (χ1v) is 10.2. The maximum Gasteiger partial charge on any atom is 0.155 e. The summed E-state index contributed by atoms with van der Waals surface area (Å²) in [4.78, 5) is 11.8. The average molecular weight is 323 g/mol. The molecule has 0 bridgehead atoms. The number of ketones is 1. The van der Waals surface area contributed by atoms with Crippen LogP contribution in [0.25, 0.3) is 0 Å². The molecule has 5 aliphatic rings. The molecular formula is C22H29NO. The first-order chi connectivity index (χ1) is 11.6. The predicted molar refractivity (Wildman–Crippen MR) is 92.8 cm³/mol. The Bertz CT molecular complexity index is 672. The third kappa shape index (κ3) is 1.60. The van der Waals surface area contributed by atoms with E-state index in [2.05, 4.69) is 19.9 Å². The summed E-state index contributed by atoms with van der Waals surface area (Å²) < 4.78 is 0. The Labute approximate surface area is 145 Å². The van der Waals surface area contributed by atoms with Crippen LogP contribution in [0.15, 0.2) is 11.6 Å². The molecule has 128 valence electrons. The fourth-order valence-corrected chi connectivity index (χ4v) is 8.28. The number of carbonyl (C=O) groups excluding carboxylic acids is 1. The van der Waals surface area contributed by atoms with Crippen molar-refractivity contribution in [2.45, 2.75) is 65.2 Å². The van der Waals surface area contributed by atoms with Crippen LogP contribution < -0.4 is 0 Å². The summed E-state index contributed by atoms with van der Waals surface area (Å²) in [7, 11) is 0. The summed E-state index contributed by atoms with van der Waals surface area (Å²) >= 11 is 0. The van der Waals surface area contributed by atoms with Gasteiger partial charge in [-0.15, -0.1) is 0 Å². The molecule has 0 radical (unpaired) electrons. The number of nitriles is 1. The first-order valence-electron chi connectivity index (χ1n) is 10.2. The summed E-state index contributed by atoms with van der Waals surface area (Å²) in [5, 5.41) is 10.1. The smallest absolute Gasteiger partial charge is 0.155 e. The van der Waals surface area contributed by atoms with Gasteiger partial charge in [-0.05, 0) is 98.9 Å². The van der Waals surface area contributed by atoms with Crippen molar-refractivity contribution in [1.82, 2.24) is 0 Å². The highest BCUT2D eigenvalue weighted by Crippen LogP contribution is 2.79. The molecule has 0 aromatic rings. The zero-order valence-electron chi connectivity index (χ0n) is 15.1. The molecule has 0 saturated heterocycles. The highest BCUT2D eigenvalue weighted by atomic mass is 16.1. The average Bonchev–Trinajstić information content (AvgIpc) is 3.36. The van der Waals surface area contributed by atoms with Gasteiger partial charge in [0.05, 0.1) is 11.5 Å². The molecule has 0 aromatic carbocycles. The fraction of sp³-hybridized carbons (Fsp3) is 0.818. The van der Waals surface area contributed by atoms with Crippen LogP contribution in [0.2, 0.25) is 0 Å². The summed E-state index contributed by atoms with van der Waals surface area (Å²) in [6.07, 6.45) is 11.3. The number of hydrogen-bond acceptors (Lipinski definition) is 2. The van der Waals surface area contributed by atoms with E-state index in [-0.39, 0.29) is 10.8 Å². The van der Waals surface area contributed by atoms with E-state index in [1.807, 2.05) is 6.08 Å². The minimum atomic E-state index is -0.0826. The summed E-state index contributed by atoms with van der Waals surface area (Å²) in [5.74, 6) is 4.95. The second kappa shape index (κ2) is 4.75. The topological polar surface area (TPSA) is 40.9 Å². The molecule has 0 heterocycles. The number of hydrogen-bond donors (Lipinski definition) is 0. The molecule has 4 fully saturated rings. The van der Waals surface area contributed by atoms with Crippen LogP contribution in [0, 0.1) is 57.7 Å². The lowest BCUT2D eigenvalue weighted by molar-refractivity contribution is -0.116. The molecule has 0 aromatic heterocycles. The van der Waals surface area contributed by atoms with Gasteiger partial charge in [0.1, 0.15) is 0 Å². The van der Waals surface area contributed by atoms with Crippen molar-refractivity contribution in [2.75, 3.05) is 0 Å². The van der Waals surface area contributed by atoms with Gasteiger partial charge in [0, 0.05) is 6.42 Å². The van der Waals surface area contributed by atoms with Crippen LogP contribution in [-0.2, 0) is 4.79 Å². The zero-order chi connectivity index (χ0) is 16.7. The highest BCUT2D eigenvalue weighted by molar-refractivity contribution is 5.91. The highest BCUT2D eigenvalue weighted by Gasteiger charge is 2.75. The van der Waals surface area contributed by atoms with E-state index in [4.69, 9.17) is 0 Å². The maximum absolute atomic E-state index is 11.8. The molecule has 0 spiro atoms. The van der Waals surface area contributed by atoms with Crippen LogP contribution in [-0.4, -0.2) is 5.78 Å². The largest absolute Gasteiger partial charge is 0.295 e. The third-order valence-electron chi connectivity index (χ3n) is 9.32. The minimum absolute atomic E-state index is 0.0826. The molecule has 5 rings (SSSR count). The van der Waals surface area contributed by atoms with Crippen LogP contribution in [0.3, 0.4) is 0 Å². The van der Waals surface area contributed by atoms with Gasteiger partial charge in [0.2, 0.25) is 0 Å². The first kappa shape index (κ1) is 15.2. The second-order valence-electron chi connectivity index (χ2n) is 9.59. The molecule has 0 N–H and O–H groups in total. The summed E-state index contributed by atoms with van der Waals surface area (Å²) in [6.45, 7) is 4.65. The zero-order valence-corrected chi connectivity index (χ0v) is 15.1. The van der Waals surface area contributed by atoms with Crippen LogP contribution in [0.5, 0.6) is 0 Å². The number of fused-ring (bicyclic) bond motifs is 7. The van der Waals surface area contributed by atoms with Gasteiger partial charge in [-0.2, -0.15) is 5.26 Å². The van der Waals surface area contributed by atoms with Gasteiger partial charge >= 0.3 is 0 Å². The normalized spacial score (nSPS) is 54.7. The SMILES string of the molecule is CCC12CC[C@H]3[C@@H](CCC4=CC(=O)CC[C@@H]43)[C@@H]1[C@@H]1C[C@@H]1[C@]2(C)C#N. The summed E-state index contributed by atoms with van der Waals surface area (Å²) in [5.41, 5.74) is 1.67. The van der Waals surface area contributed by atoms with E-state index in [0.717, 1.165) is 42.9 Å². The van der Waals surface area contributed by atoms with Gasteiger partial charge in [0.15, 0.2) is 5.78 Å². The lowest BCUT2D eigenvalue weighted by Gasteiger charge is -2.57. The minimum Gasteiger partial charge on any atom is -0.295 e. The Balaban J connectivity index is 1.53. The molecule has 8 atom stereocenters. The van der Waals surface area contributed by atoms with Crippen molar-refractivity contribution in [1.29, 1.82) is 5.26 Å². The van der Waals surface area contributed by atoms with E-state index in [0.29, 0.717) is 17.6 Å². The lowest BCUT2D eigenvalue weighted by Crippen LogP contribution is -2.52. The van der Waals surface area contributed by atoms with Gasteiger partial charge in [0.25, 0.3) is 0 Å². The Hall–Kier alpha value is -1.10. The van der Waals surface area contributed by atoms with Crippen molar-refractivity contribution in [3.63, 3.8) is 0 Å². The Morgan fingerprint density at radius 2 is 2.04 bits per heavy atom. The Morgan fingerprint density at radius 3 is 2.79 bits per heavy atom. The molecule has 2 nitrogen and oxygen atoms in total. The number of rotatable bonds is 1. The fourth-order valence-electron chi connectivity index (χ4n) is 8.28. The Kier molecular flexibility index (Phi) is 3.00. The van der Waals surface area contributed by atoms with Crippen molar-refractivity contribution in [3.8, 4) is 6.07 Å². The van der Waals surface area contributed by atoms with E-state index >= 15 is 0 Å². The standard InChI is InChI=1S/C22H29NO/c1-3-22-9-8-16-15-7-5-14(24)10-13(15)4-6-17(16)20(22)18-11-19(18)21(22,2)12-23/h10,15-20H,3-9,11H2,1-2H3/t15-,16+,17+,18+,19-,20+,21-,22?/m0/s1. The van der Waals surface area contributed by atoms with Gasteiger partial charge < -0.3 is 0 Å². The molecule has 0 aliphatic heterocycles. The van der Waals surface area contributed by atoms with Crippen molar-refractivity contribution in [2.24, 2.45) is 46.3 Å². The van der Waals surface area contributed by atoms with E-state index < -0.39 is 0 Å². The maximum atomic E-state index is 11.8. The van der Waals surface area contributed by atoms with Crippen LogP contribution in [0.4, 0.5) is 0 Å². The van der Waals surface area contributed by atoms with Crippen LogP contribution in [0.1, 0.15) is 65.2 Å². The molecule has 1 unspecified atom stereocenters. The number of allylic oxidation sites excluding steroid dienone is 1. The molecule has 0 amide bonds. The van der Waals surface area contributed by atoms with E-state index in [1.54, 1.807) is 0 Å². The van der Waals surface area contributed by atoms with Crippen molar-refractivity contribution >= 4 is 5.78 Å². The number of nitrogens with zero attached hydrogens (tertiary/aromatic N) is 1. The van der Waals surface area contributed by atoms with Gasteiger partial charge in [-0.25, -0.2) is 0 Å². The van der Waals surface area contributed by atoms with E-state index in [1.165, 1.54) is 37.7 Å². The second-order valence-corrected chi connectivity index (χ2v) is 9.59. The molecular weight excluding hydrogens is 294 g/mol. The quantitative estimate of drug-likeness (QED) is 0.688. The van der Waals surface area contributed by atoms with Crippen molar-refractivity contribution in [3.05, 3.63) is 11.6 Å². The summed E-state index contributed by atoms with van der Waals surface area (Å²) in [6, 6.07) is 2.82. The lowest BCUT2D eigenvalue weighted by atomic mass is 9.46. The molecule has 4 saturated carbocycles. The molecule has 24 heavy (non-hydrogen) atoms. The van der Waals surface area contributed by atoms with Gasteiger partial charge in [-0.1, -0.05) is 12.5 Å². The molecule has 2 heteroatoms. The van der Waals surface area contributed by atoms with Gasteiger partial charge in [-0.3, -0.25) is 4.79 Å². The van der Waals surface area contributed by atoms with E-state index in [9.17, 15) is 10.1 Å². The monoisotopic (exact) mass is 323 g/mol. The third-order valence-corrected chi connectivity index (χ3v) is 9.32. The number of carbonyl (C=O) groups is 1. The van der Waals surface area contributed by atoms with Crippen molar-refractivity contribution < 1.29 is 4.79 Å². The Morgan fingerprint density at radius 1 is 1.21 bits per heavy atom. The molecule has 5 aliphatic carbocycles. The predicted octanol–water partition coefficient (Wildman–Crippen LogP) is 4.90. The van der Waals surface area contributed by atoms with Crippen LogP contribution >= 0.6 is 0 Å².